The first-order chi connectivity index (χ1) is 12.7. The molecule has 27 heavy (non-hydrogen) atoms. The van der Waals surface area contributed by atoms with E-state index in [-0.39, 0.29) is 29.4 Å². The molecule has 8 heteroatoms. The van der Waals surface area contributed by atoms with Crippen LogP contribution in [0, 0.1) is 0 Å². The third kappa shape index (κ3) is 4.91. The van der Waals surface area contributed by atoms with Crippen LogP contribution < -0.4 is 5.73 Å². The predicted octanol–water partition coefficient (Wildman–Crippen LogP) is 1.08. The number of nitrogens with two attached hydrogens (primary N) is 1. The van der Waals surface area contributed by atoms with E-state index in [9.17, 15) is 30.0 Å². The Hall–Kier alpha value is -3.68. The zero-order valence-corrected chi connectivity index (χ0v) is 14.5. The summed E-state index contributed by atoms with van der Waals surface area (Å²) in [6.45, 7) is 0. The van der Waals surface area contributed by atoms with E-state index < -0.39 is 17.9 Å². The smallest absolute Gasteiger partial charge is 0.247 e. The maximum atomic E-state index is 12.4. The number of benzene rings is 2. The topological polar surface area (TPSA) is 144 Å². The first kappa shape index (κ1) is 19.6. The molecule has 8 nitrogen and oxygen atoms in total. The van der Waals surface area contributed by atoms with E-state index in [0.29, 0.717) is 11.1 Å². The fourth-order valence-corrected chi connectivity index (χ4v) is 2.43. The van der Waals surface area contributed by atoms with Gasteiger partial charge in [-0.3, -0.25) is 9.59 Å². The summed E-state index contributed by atoms with van der Waals surface area (Å²) in [5.74, 6) is -2.46. The van der Waals surface area contributed by atoms with Gasteiger partial charge in [0.15, 0.2) is 23.0 Å². The molecule has 2 amide bonds. The molecule has 0 bridgehead atoms. The van der Waals surface area contributed by atoms with Crippen LogP contribution >= 0.6 is 0 Å². The van der Waals surface area contributed by atoms with Crippen molar-refractivity contribution in [2.45, 2.75) is 12.5 Å². The molecule has 6 N–H and O–H groups in total. The molecule has 0 fully saturated rings. The van der Waals surface area contributed by atoms with Crippen LogP contribution in [0.1, 0.15) is 11.1 Å². The van der Waals surface area contributed by atoms with Crippen molar-refractivity contribution < 1.29 is 30.0 Å². The molecule has 0 spiro atoms. The summed E-state index contributed by atoms with van der Waals surface area (Å²) in [6, 6.07) is 7.18. The Bertz CT molecular complexity index is 894. The van der Waals surface area contributed by atoms with Crippen LogP contribution in [-0.2, 0) is 16.0 Å². The number of phenolic OH excluding ortho intramolecular Hbond substituents is 4. The highest BCUT2D eigenvalue weighted by Gasteiger charge is 2.24. The van der Waals surface area contributed by atoms with E-state index in [1.54, 1.807) is 0 Å². The Morgan fingerprint density at radius 3 is 2.15 bits per heavy atom. The largest absolute Gasteiger partial charge is 0.504 e. The van der Waals surface area contributed by atoms with E-state index in [2.05, 4.69) is 0 Å². The Morgan fingerprint density at radius 1 is 1.00 bits per heavy atom. The number of phenols is 4. The second-order valence-electron chi connectivity index (χ2n) is 5.98. The highest BCUT2D eigenvalue weighted by Crippen LogP contribution is 2.26. The number of likely N-dealkylation sites (N-methyl/N-ethyl adjacent to an activating group) is 1. The van der Waals surface area contributed by atoms with Gasteiger partial charge in [0.05, 0.1) is 0 Å². The van der Waals surface area contributed by atoms with Crippen molar-refractivity contribution in [3.63, 3.8) is 0 Å². The molecule has 0 unspecified atom stereocenters. The van der Waals surface area contributed by atoms with Crippen LogP contribution in [0.4, 0.5) is 0 Å². The van der Waals surface area contributed by atoms with Gasteiger partial charge in [0, 0.05) is 19.5 Å². The predicted molar refractivity (Wildman–Crippen MR) is 98.0 cm³/mol. The second-order valence-corrected chi connectivity index (χ2v) is 5.98. The average Bonchev–Trinajstić information content (AvgIpc) is 2.62. The van der Waals surface area contributed by atoms with Crippen LogP contribution in [0.15, 0.2) is 42.5 Å². The maximum Gasteiger partial charge on any atom is 0.247 e. The van der Waals surface area contributed by atoms with Crippen LogP contribution in [0.2, 0.25) is 0 Å². The fraction of sp³-hybridized carbons (Fsp3) is 0.158. The lowest BCUT2D eigenvalue weighted by molar-refractivity contribution is -0.134. The van der Waals surface area contributed by atoms with Crippen molar-refractivity contribution >= 4 is 17.9 Å². The molecule has 2 aromatic carbocycles. The minimum atomic E-state index is -0.973. The third-order valence-electron chi connectivity index (χ3n) is 4.03. The van der Waals surface area contributed by atoms with Crippen molar-refractivity contribution in [1.82, 2.24) is 4.90 Å². The van der Waals surface area contributed by atoms with Gasteiger partial charge in [-0.05, 0) is 41.5 Å². The highest BCUT2D eigenvalue weighted by atomic mass is 16.3. The summed E-state index contributed by atoms with van der Waals surface area (Å²) in [5.41, 5.74) is 6.40. The minimum Gasteiger partial charge on any atom is -0.504 e. The molecule has 0 saturated heterocycles. The minimum absolute atomic E-state index is 0.0548. The van der Waals surface area contributed by atoms with Crippen LogP contribution in [-0.4, -0.2) is 50.2 Å². The number of nitrogens with zero attached hydrogens (tertiary/aromatic N) is 1. The lowest BCUT2D eigenvalue weighted by Crippen LogP contribution is -2.46. The Kier molecular flexibility index (Phi) is 5.92. The molecular weight excluding hydrogens is 352 g/mol. The van der Waals surface area contributed by atoms with Gasteiger partial charge in [0.2, 0.25) is 11.8 Å². The molecule has 0 aliphatic rings. The number of aromatic hydroxyl groups is 4. The monoisotopic (exact) mass is 372 g/mol. The SMILES string of the molecule is CN(C(=O)/C=C/c1ccc(O)c(O)c1)[C@H](Cc1ccc(O)c(O)c1)C(N)=O. The second kappa shape index (κ2) is 8.13. The molecule has 2 aromatic rings. The van der Waals surface area contributed by atoms with Gasteiger partial charge >= 0.3 is 0 Å². The molecule has 142 valence electrons. The summed E-state index contributed by atoms with van der Waals surface area (Å²) in [5, 5.41) is 37.7. The Labute approximate surface area is 155 Å². The maximum absolute atomic E-state index is 12.4. The van der Waals surface area contributed by atoms with Crippen molar-refractivity contribution in [3.05, 3.63) is 53.6 Å². The lowest BCUT2D eigenvalue weighted by Gasteiger charge is -2.24. The lowest BCUT2D eigenvalue weighted by atomic mass is 10.0. The first-order valence-electron chi connectivity index (χ1n) is 7.96. The van der Waals surface area contributed by atoms with E-state index in [4.69, 9.17) is 5.73 Å². The molecule has 0 aromatic heterocycles. The van der Waals surface area contributed by atoms with Gasteiger partial charge < -0.3 is 31.1 Å². The van der Waals surface area contributed by atoms with Crippen LogP contribution in [0.3, 0.4) is 0 Å². The number of hydrogen-bond acceptors (Lipinski definition) is 6. The number of carbonyl (C=O) groups excluding carboxylic acids is 2. The zero-order chi connectivity index (χ0) is 20.1. The molecule has 0 radical (unpaired) electrons. The summed E-state index contributed by atoms with van der Waals surface area (Å²) in [7, 11) is 1.41. The average molecular weight is 372 g/mol. The van der Waals surface area contributed by atoms with Crippen molar-refractivity contribution in [2.75, 3.05) is 7.05 Å². The van der Waals surface area contributed by atoms with E-state index >= 15 is 0 Å². The van der Waals surface area contributed by atoms with Gasteiger partial charge in [-0.1, -0.05) is 12.1 Å². The van der Waals surface area contributed by atoms with Gasteiger partial charge in [-0.2, -0.15) is 0 Å². The Balaban J connectivity index is 2.14. The van der Waals surface area contributed by atoms with Gasteiger partial charge in [0.1, 0.15) is 6.04 Å². The molecule has 0 saturated carbocycles. The molecular formula is C19H20N2O6. The summed E-state index contributed by atoms with van der Waals surface area (Å²) < 4.78 is 0. The highest BCUT2D eigenvalue weighted by molar-refractivity contribution is 5.95. The quantitative estimate of drug-likeness (QED) is 0.379. The van der Waals surface area contributed by atoms with E-state index in [0.717, 1.165) is 4.90 Å². The normalized spacial score (nSPS) is 12.0. The van der Waals surface area contributed by atoms with E-state index in [1.807, 2.05) is 0 Å². The number of hydrogen-bond donors (Lipinski definition) is 5. The molecule has 0 heterocycles. The van der Waals surface area contributed by atoms with Crippen molar-refractivity contribution in [3.8, 4) is 23.0 Å². The standard InChI is InChI=1S/C19H20N2O6/c1-21(18(26)7-4-11-2-5-14(22)16(24)9-11)13(19(20)27)8-12-3-6-15(23)17(25)10-12/h2-7,9-10,13,22-25H,8H2,1H3,(H2,20,27)/b7-4+/t13-/m1/s1. The van der Waals surface area contributed by atoms with Crippen molar-refractivity contribution in [2.24, 2.45) is 5.73 Å². The van der Waals surface area contributed by atoms with Crippen LogP contribution in [0.25, 0.3) is 6.08 Å². The number of amides is 2. The number of primary amides is 1. The van der Waals surface area contributed by atoms with Gasteiger partial charge in [0.25, 0.3) is 0 Å². The molecule has 2 rings (SSSR count). The molecule has 0 aliphatic heterocycles. The fourth-order valence-electron chi connectivity index (χ4n) is 2.43. The third-order valence-corrected chi connectivity index (χ3v) is 4.03. The zero-order valence-electron chi connectivity index (χ0n) is 14.5. The summed E-state index contributed by atoms with van der Waals surface area (Å²) >= 11 is 0. The first-order valence-corrected chi connectivity index (χ1v) is 7.96. The summed E-state index contributed by atoms with van der Waals surface area (Å²) in [6.07, 6.45) is 2.68. The van der Waals surface area contributed by atoms with E-state index in [1.165, 1.54) is 55.6 Å². The van der Waals surface area contributed by atoms with Gasteiger partial charge in [-0.15, -0.1) is 0 Å². The Morgan fingerprint density at radius 2 is 1.59 bits per heavy atom. The van der Waals surface area contributed by atoms with Crippen molar-refractivity contribution in [1.29, 1.82) is 0 Å². The summed E-state index contributed by atoms with van der Waals surface area (Å²) in [4.78, 5) is 25.3. The molecule has 0 aliphatic carbocycles. The van der Waals surface area contributed by atoms with Gasteiger partial charge in [-0.25, -0.2) is 0 Å². The number of rotatable bonds is 6. The van der Waals surface area contributed by atoms with Crippen LogP contribution in [0.5, 0.6) is 23.0 Å². The number of carbonyl (C=O) groups is 2. The molecule has 1 atom stereocenters.